The first-order valence-electron chi connectivity index (χ1n) is 4.25. The first-order valence-corrected chi connectivity index (χ1v) is 5.07. The van der Waals surface area contributed by atoms with Gasteiger partial charge < -0.3 is 11.1 Å². The van der Waals surface area contributed by atoms with Crippen LogP contribution in [0.2, 0.25) is 0 Å². The number of anilines is 1. The van der Waals surface area contributed by atoms with Crippen molar-refractivity contribution < 1.29 is 18.0 Å². The molecule has 1 rings (SSSR count). The standard InChI is InChI=1S/C7H9F3N4OS.ClH/c1-3(11)2-4(15)12-6-14-13-5(16-6)7(8,9)10;/h3H,2,11H2,1H3,(H,12,14,15);1H. The van der Waals surface area contributed by atoms with Crippen LogP contribution in [0.5, 0.6) is 0 Å². The molecule has 10 heteroatoms. The number of alkyl halides is 3. The van der Waals surface area contributed by atoms with E-state index in [4.69, 9.17) is 5.73 Å². The molecule has 3 N–H and O–H groups in total. The highest BCUT2D eigenvalue weighted by Gasteiger charge is 2.35. The maximum absolute atomic E-state index is 12.1. The second-order valence-electron chi connectivity index (χ2n) is 3.14. The minimum absolute atomic E-state index is 0. The number of hydrogen-bond donors (Lipinski definition) is 2. The quantitative estimate of drug-likeness (QED) is 0.887. The lowest BCUT2D eigenvalue weighted by Gasteiger charge is -2.03. The van der Waals surface area contributed by atoms with Gasteiger partial charge in [0.1, 0.15) is 0 Å². The van der Waals surface area contributed by atoms with Gasteiger partial charge in [-0.25, -0.2) is 0 Å². The Hall–Kier alpha value is -0.930. The van der Waals surface area contributed by atoms with Crippen LogP contribution in [0, 0.1) is 0 Å². The predicted molar refractivity (Wildman–Crippen MR) is 59.1 cm³/mol. The van der Waals surface area contributed by atoms with Gasteiger partial charge in [0.25, 0.3) is 0 Å². The van der Waals surface area contributed by atoms with Crippen LogP contribution in [0.15, 0.2) is 0 Å². The molecule has 0 saturated heterocycles. The number of hydrogen-bond acceptors (Lipinski definition) is 5. The molecule has 0 radical (unpaired) electrons. The second-order valence-corrected chi connectivity index (χ2v) is 4.12. The molecule has 1 atom stereocenters. The van der Waals surface area contributed by atoms with Crippen LogP contribution in [-0.2, 0) is 11.0 Å². The number of carbonyl (C=O) groups is 1. The fraction of sp³-hybridized carbons (Fsp3) is 0.571. The number of nitrogens with zero attached hydrogens (tertiary/aromatic N) is 2. The van der Waals surface area contributed by atoms with Gasteiger partial charge in [0.2, 0.25) is 16.0 Å². The van der Waals surface area contributed by atoms with Crippen LogP contribution in [0.1, 0.15) is 18.4 Å². The van der Waals surface area contributed by atoms with Gasteiger partial charge >= 0.3 is 6.18 Å². The van der Waals surface area contributed by atoms with E-state index in [1.165, 1.54) is 0 Å². The van der Waals surface area contributed by atoms with Gasteiger partial charge in [-0.15, -0.1) is 22.6 Å². The Morgan fingerprint density at radius 3 is 2.53 bits per heavy atom. The van der Waals surface area contributed by atoms with E-state index in [-0.39, 0.29) is 41.3 Å². The summed E-state index contributed by atoms with van der Waals surface area (Å²) in [4.78, 5) is 11.1. The van der Waals surface area contributed by atoms with E-state index in [9.17, 15) is 18.0 Å². The van der Waals surface area contributed by atoms with E-state index in [0.717, 1.165) is 0 Å². The van der Waals surface area contributed by atoms with Crippen molar-refractivity contribution in [3.8, 4) is 0 Å². The summed E-state index contributed by atoms with van der Waals surface area (Å²) in [6, 6.07) is -0.366. The molecule has 1 aromatic rings. The minimum Gasteiger partial charge on any atom is -0.327 e. The van der Waals surface area contributed by atoms with Gasteiger partial charge in [-0.05, 0) is 6.92 Å². The molecule has 1 amide bonds. The molecule has 0 fully saturated rings. The van der Waals surface area contributed by atoms with E-state index >= 15 is 0 Å². The fourth-order valence-electron chi connectivity index (χ4n) is 0.851. The third-order valence-corrected chi connectivity index (χ3v) is 2.30. The first kappa shape index (κ1) is 16.1. The largest absolute Gasteiger partial charge is 0.445 e. The van der Waals surface area contributed by atoms with E-state index in [0.29, 0.717) is 0 Å². The van der Waals surface area contributed by atoms with Crippen LogP contribution >= 0.6 is 23.7 Å². The predicted octanol–water partition coefficient (Wildman–Crippen LogP) is 1.65. The molecule has 5 nitrogen and oxygen atoms in total. The molecule has 0 spiro atoms. The van der Waals surface area contributed by atoms with Crippen molar-refractivity contribution in [2.75, 3.05) is 5.32 Å². The summed E-state index contributed by atoms with van der Waals surface area (Å²) in [5.41, 5.74) is 5.35. The van der Waals surface area contributed by atoms with Crippen molar-refractivity contribution in [2.24, 2.45) is 5.73 Å². The molecular weight excluding hydrogens is 281 g/mol. The summed E-state index contributed by atoms with van der Waals surface area (Å²) in [7, 11) is 0. The molecular formula is C7H10ClF3N4OS. The summed E-state index contributed by atoms with van der Waals surface area (Å²) in [5, 5.41) is 7.04. The number of aromatic nitrogens is 2. The summed E-state index contributed by atoms with van der Waals surface area (Å²) in [5.74, 6) is -0.486. The van der Waals surface area contributed by atoms with Gasteiger partial charge in [0.15, 0.2) is 0 Å². The van der Waals surface area contributed by atoms with Crippen molar-refractivity contribution in [3.63, 3.8) is 0 Å². The topological polar surface area (TPSA) is 80.9 Å². The summed E-state index contributed by atoms with van der Waals surface area (Å²) in [6.45, 7) is 1.61. The molecule has 98 valence electrons. The molecule has 1 heterocycles. The van der Waals surface area contributed by atoms with E-state index < -0.39 is 17.1 Å². The average Bonchev–Trinajstić information content (AvgIpc) is 2.49. The molecule has 0 bridgehead atoms. The highest BCUT2D eigenvalue weighted by atomic mass is 35.5. The lowest BCUT2D eigenvalue weighted by atomic mass is 10.2. The Morgan fingerprint density at radius 1 is 1.53 bits per heavy atom. The fourth-order valence-corrected chi connectivity index (χ4v) is 1.48. The van der Waals surface area contributed by atoms with Gasteiger partial charge in [-0.2, -0.15) is 13.2 Å². The zero-order valence-corrected chi connectivity index (χ0v) is 10.2. The van der Waals surface area contributed by atoms with E-state index in [2.05, 4.69) is 15.5 Å². The zero-order chi connectivity index (χ0) is 12.3. The Bertz CT molecular complexity index is 381. The summed E-state index contributed by atoms with van der Waals surface area (Å²) in [6.07, 6.45) is -4.53. The maximum Gasteiger partial charge on any atom is 0.445 e. The van der Waals surface area contributed by atoms with Crippen LogP contribution in [0.3, 0.4) is 0 Å². The number of halogens is 4. The number of nitrogens with two attached hydrogens (primary N) is 1. The molecule has 0 aromatic carbocycles. The SMILES string of the molecule is CC(N)CC(=O)Nc1nnc(C(F)(F)F)s1.Cl. The number of amides is 1. The van der Waals surface area contributed by atoms with E-state index in [1.807, 2.05) is 0 Å². The number of carbonyl (C=O) groups excluding carboxylic acids is 1. The highest BCUT2D eigenvalue weighted by molar-refractivity contribution is 7.15. The van der Waals surface area contributed by atoms with Crippen molar-refractivity contribution in [1.29, 1.82) is 0 Å². The molecule has 0 aliphatic rings. The third-order valence-electron chi connectivity index (χ3n) is 1.42. The van der Waals surface area contributed by atoms with Gasteiger partial charge in [0.05, 0.1) is 0 Å². The molecule has 1 aromatic heterocycles. The summed E-state index contributed by atoms with van der Waals surface area (Å²) < 4.78 is 36.4. The lowest BCUT2D eigenvalue weighted by Crippen LogP contribution is -2.23. The Kier molecular flexibility index (Phi) is 5.79. The first-order chi connectivity index (χ1) is 7.29. The highest BCUT2D eigenvalue weighted by Crippen LogP contribution is 2.32. The molecule has 1 unspecified atom stereocenters. The normalized spacial score (nSPS) is 12.8. The lowest BCUT2D eigenvalue weighted by molar-refractivity contribution is -0.138. The molecule has 0 aliphatic carbocycles. The van der Waals surface area contributed by atoms with Crippen molar-refractivity contribution in [1.82, 2.24) is 10.2 Å². The number of rotatable bonds is 3. The second kappa shape index (κ2) is 6.12. The van der Waals surface area contributed by atoms with E-state index in [1.54, 1.807) is 6.92 Å². The molecule has 17 heavy (non-hydrogen) atoms. The zero-order valence-electron chi connectivity index (χ0n) is 8.61. The van der Waals surface area contributed by atoms with Gasteiger partial charge in [-0.3, -0.25) is 4.79 Å². The molecule has 0 saturated carbocycles. The molecule has 0 aliphatic heterocycles. The van der Waals surface area contributed by atoms with Crippen molar-refractivity contribution >= 4 is 34.8 Å². The van der Waals surface area contributed by atoms with Crippen LogP contribution < -0.4 is 11.1 Å². The van der Waals surface area contributed by atoms with Crippen molar-refractivity contribution in [3.05, 3.63) is 5.01 Å². The van der Waals surface area contributed by atoms with Crippen LogP contribution in [-0.4, -0.2) is 22.1 Å². The Labute approximate surface area is 105 Å². The summed E-state index contributed by atoms with van der Waals surface area (Å²) >= 11 is 0.275. The van der Waals surface area contributed by atoms with Crippen molar-refractivity contribution in [2.45, 2.75) is 25.6 Å². The van der Waals surface area contributed by atoms with Gasteiger partial charge in [0, 0.05) is 12.5 Å². The van der Waals surface area contributed by atoms with Gasteiger partial charge in [-0.1, -0.05) is 11.3 Å². The Balaban J connectivity index is 0.00000256. The minimum atomic E-state index is -4.54. The smallest absolute Gasteiger partial charge is 0.327 e. The average molecular weight is 291 g/mol. The third kappa shape index (κ3) is 5.29. The van der Waals surface area contributed by atoms with Crippen LogP contribution in [0.25, 0.3) is 0 Å². The number of nitrogens with one attached hydrogen (secondary N) is 1. The van der Waals surface area contributed by atoms with Crippen LogP contribution in [0.4, 0.5) is 18.3 Å². The Morgan fingerprint density at radius 2 is 2.12 bits per heavy atom. The monoisotopic (exact) mass is 290 g/mol. The maximum atomic E-state index is 12.1.